The van der Waals surface area contributed by atoms with Crippen LogP contribution in [0.4, 0.5) is 10.1 Å². The van der Waals surface area contributed by atoms with E-state index in [0.717, 1.165) is 22.0 Å². The third kappa shape index (κ3) is 4.07. The molecule has 2 aliphatic heterocycles. The van der Waals surface area contributed by atoms with E-state index in [1.54, 1.807) is 4.90 Å². The smallest absolute Gasteiger partial charge is 0.274 e. The first kappa shape index (κ1) is 20.9. The molecular formula is C26H26FN3OS. The molecule has 0 spiro atoms. The lowest BCUT2D eigenvalue weighted by molar-refractivity contribution is 0.0485. The van der Waals surface area contributed by atoms with Crippen LogP contribution in [-0.4, -0.2) is 47.6 Å². The number of hydrogen-bond donors (Lipinski definition) is 0. The molecule has 2 aliphatic rings. The molecule has 2 atom stereocenters. The van der Waals surface area contributed by atoms with E-state index >= 15 is 0 Å². The summed E-state index contributed by atoms with van der Waals surface area (Å²) in [6.07, 6.45) is 4.42. The van der Waals surface area contributed by atoms with E-state index < -0.39 is 6.17 Å². The van der Waals surface area contributed by atoms with Crippen LogP contribution < -0.4 is 4.90 Å². The number of rotatable bonds is 4. The molecule has 3 heterocycles. The maximum Gasteiger partial charge on any atom is 0.274 e. The van der Waals surface area contributed by atoms with Crippen molar-refractivity contribution in [1.82, 2.24) is 9.88 Å². The average Bonchev–Trinajstić information content (AvgIpc) is 3.22. The van der Waals surface area contributed by atoms with Crippen molar-refractivity contribution in [1.29, 1.82) is 0 Å². The molecule has 0 saturated carbocycles. The second-order valence-electron chi connectivity index (χ2n) is 8.43. The van der Waals surface area contributed by atoms with Gasteiger partial charge in [0.1, 0.15) is 11.9 Å². The lowest BCUT2D eigenvalue weighted by Gasteiger charge is -2.41. The quantitative estimate of drug-likeness (QED) is 0.523. The van der Waals surface area contributed by atoms with Gasteiger partial charge in [0.25, 0.3) is 5.91 Å². The fraction of sp³-hybridized carbons (Fsp3) is 0.308. The first-order valence-corrected chi connectivity index (χ1v) is 11.9. The number of aromatic nitrogens is 1. The van der Waals surface area contributed by atoms with E-state index in [2.05, 4.69) is 34.2 Å². The Balaban J connectivity index is 1.44. The molecule has 5 rings (SSSR count). The van der Waals surface area contributed by atoms with Crippen LogP contribution >= 0.6 is 11.3 Å². The van der Waals surface area contributed by atoms with Crippen LogP contribution in [0.15, 0.2) is 60.7 Å². The Morgan fingerprint density at radius 1 is 1.12 bits per heavy atom. The molecule has 1 fully saturated rings. The number of thiazole rings is 1. The zero-order valence-electron chi connectivity index (χ0n) is 18.1. The molecule has 0 N–H and O–H groups in total. The summed E-state index contributed by atoms with van der Waals surface area (Å²) in [6.45, 7) is 3.51. The highest BCUT2D eigenvalue weighted by Gasteiger charge is 2.35. The number of carbonyl (C=O) groups is 1. The summed E-state index contributed by atoms with van der Waals surface area (Å²) in [6, 6.07) is 18.1. The van der Waals surface area contributed by atoms with E-state index in [9.17, 15) is 9.18 Å². The third-order valence-corrected chi connectivity index (χ3v) is 7.23. The first-order valence-electron chi connectivity index (χ1n) is 11.1. The summed E-state index contributed by atoms with van der Waals surface area (Å²) in [7, 11) is 0. The van der Waals surface area contributed by atoms with Crippen molar-refractivity contribution in [2.45, 2.75) is 32.0 Å². The zero-order chi connectivity index (χ0) is 22.1. The number of fused-ring (bicyclic) bond motifs is 1. The number of alkyl halides is 1. The second kappa shape index (κ2) is 8.87. The highest BCUT2D eigenvalue weighted by atomic mass is 32.1. The Morgan fingerprint density at radius 3 is 2.75 bits per heavy atom. The van der Waals surface area contributed by atoms with Gasteiger partial charge in [-0.3, -0.25) is 4.79 Å². The van der Waals surface area contributed by atoms with Gasteiger partial charge in [-0.2, -0.15) is 0 Å². The number of halogens is 1. The summed E-state index contributed by atoms with van der Waals surface area (Å²) in [5.41, 5.74) is 3.76. The minimum absolute atomic E-state index is 0.0558. The van der Waals surface area contributed by atoms with Gasteiger partial charge in [0.15, 0.2) is 0 Å². The predicted octanol–water partition coefficient (Wildman–Crippen LogP) is 5.59. The van der Waals surface area contributed by atoms with Gasteiger partial charge in [0, 0.05) is 24.8 Å². The Labute approximate surface area is 192 Å². The van der Waals surface area contributed by atoms with Crippen molar-refractivity contribution in [3.8, 4) is 10.4 Å². The largest absolute Gasteiger partial charge is 0.365 e. The fourth-order valence-electron chi connectivity index (χ4n) is 4.66. The molecule has 1 amide bonds. The van der Waals surface area contributed by atoms with E-state index in [1.807, 2.05) is 49.4 Å². The Kier molecular flexibility index (Phi) is 5.79. The zero-order valence-corrected chi connectivity index (χ0v) is 18.9. The van der Waals surface area contributed by atoms with Crippen LogP contribution in [0.1, 0.15) is 33.9 Å². The molecule has 3 aromatic rings. The van der Waals surface area contributed by atoms with Gasteiger partial charge in [-0.15, -0.1) is 11.3 Å². The van der Waals surface area contributed by atoms with Crippen LogP contribution in [0.5, 0.6) is 0 Å². The van der Waals surface area contributed by atoms with E-state index in [1.165, 1.54) is 22.6 Å². The Bertz CT molecular complexity index is 1140. The van der Waals surface area contributed by atoms with Crippen LogP contribution in [0.25, 0.3) is 16.5 Å². The molecule has 2 aromatic carbocycles. The van der Waals surface area contributed by atoms with Gasteiger partial charge in [-0.25, -0.2) is 9.37 Å². The monoisotopic (exact) mass is 447 g/mol. The molecular weight excluding hydrogens is 421 g/mol. The maximum atomic E-state index is 14.5. The summed E-state index contributed by atoms with van der Waals surface area (Å²) >= 11 is 1.52. The number of nitrogens with zero attached hydrogens (tertiary/aromatic N) is 3. The second-order valence-corrected chi connectivity index (χ2v) is 9.63. The highest BCUT2D eigenvalue weighted by molar-refractivity contribution is 7.15. The van der Waals surface area contributed by atoms with Gasteiger partial charge in [-0.1, -0.05) is 60.7 Å². The molecule has 164 valence electrons. The molecule has 6 heteroatoms. The van der Waals surface area contributed by atoms with Gasteiger partial charge in [0.2, 0.25) is 0 Å². The number of piperidine rings is 1. The minimum Gasteiger partial charge on any atom is -0.365 e. The van der Waals surface area contributed by atoms with Crippen molar-refractivity contribution in [2.75, 3.05) is 24.5 Å². The molecule has 1 aromatic heterocycles. The molecule has 32 heavy (non-hydrogen) atoms. The number of aryl methyl sites for hydroxylation is 1. The van der Waals surface area contributed by atoms with Gasteiger partial charge in [0.05, 0.1) is 16.4 Å². The SMILES string of the molecule is Cc1nc(C(=O)N2CC(F)CCC2CN2CC=Cc3ccccc32)c(-c2ccccc2)s1. The minimum atomic E-state index is -0.997. The standard InChI is InChI=1S/C26H26FN3OS/c1-18-28-24(25(32-18)20-9-3-2-4-10-20)26(31)30-16-21(27)13-14-22(30)17-29-15-7-11-19-8-5-6-12-23(19)29/h2-12,21-22H,13-17H2,1H3. The highest BCUT2D eigenvalue weighted by Crippen LogP contribution is 2.33. The van der Waals surface area contributed by atoms with E-state index in [-0.39, 0.29) is 18.5 Å². The Morgan fingerprint density at radius 2 is 1.91 bits per heavy atom. The predicted molar refractivity (Wildman–Crippen MR) is 129 cm³/mol. The summed E-state index contributed by atoms with van der Waals surface area (Å²) < 4.78 is 14.5. The first-order chi connectivity index (χ1) is 15.6. The van der Waals surface area contributed by atoms with Crippen molar-refractivity contribution < 1.29 is 9.18 Å². The number of hydrogen-bond acceptors (Lipinski definition) is 4. The normalized spacial score (nSPS) is 20.3. The lowest BCUT2D eigenvalue weighted by atomic mass is 9.98. The van der Waals surface area contributed by atoms with Crippen molar-refractivity contribution in [2.24, 2.45) is 0 Å². The number of benzene rings is 2. The number of carbonyl (C=O) groups excluding carboxylic acids is 1. The molecule has 0 bridgehead atoms. The number of likely N-dealkylation sites (tertiary alicyclic amines) is 1. The molecule has 1 saturated heterocycles. The van der Waals surface area contributed by atoms with E-state index in [4.69, 9.17) is 0 Å². The summed E-state index contributed by atoms with van der Waals surface area (Å²) in [4.78, 5) is 23.2. The van der Waals surface area contributed by atoms with Crippen LogP contribution in [0.3, 0.4) is 0 Å². The fourth-order valence-corrected chi connectivity index (χ4v) is 5.58. The van der Waals surface area contributed by atoms with Gasteiger partial charge < -0.3 is 9.80 Å². The van der Waals surface area contributed by atoms with Crippen molar-refractivity contribution in [3.63, 3.8) is 0 Å². The Hall–Kier alpha value is -2.99. The molecule has 0 radical (unpaired) electrons. The van der Waals surface area contributed by atoms with E-state index in [0.29, 0.717) is 25.1 Å². The van der Waals surface area contributed by atoms with Gasteiger partial charge in [-0.05, 0) is 37.0 Å². The van der Waals surface area contributed by atoms with Crippen molar-refractivity contribution >= 4 is 29.0 Å². The number of para-hydroxylation sites is 1. The third-order valence-electron chi connectivity index (χ3n) is 6.21. The van der Waals surface area contributed by atoms with Crippen LogP contribution in [-0.2, 0) is 0 Å². The van der Waals surface area contributed by atoms with Gasteiger partial charge >= 0.3 is 0 Å². The topological polar surface area (TPSA) is 36.4 Å². The summed E-state index contributed by atoms with van der Waals surface area (Å²) in [5, 5.41) is 0.840. The maximum absolute atomic E-state index is 14.5. The molecule has 2 unspecified atom stereocenters. The van der Waals surface area contributed by atoms with Crippen LogP contribution in [0.2, 0.25) is 0 Å². The molecule has 4 nitrogen and oxygen atoms in total. The van der Waals surface area contributed by atoms with Crippen LogP contribution in [0, 0.1) is 6.92 Å². The number of anilines is 1. The van der Waals surface area contributed by atoms with Crippen molar-refractivity contribution in [3.05, 3.63) is 76.9 Å². The summed E-state index contributed by atoms with van der Waals surface area (Å²) in [5.74, 6) is -0.165. The lowest BCUT2D eigenvalue weighted by Crippen LogP contribution is -2.53. The number of amides is 1. The average molecular weight is 448 g/mol. The molecule has 0 aliphatic carbocycles.